The van der Waals surface area contributed by atoms with Gasteiger partial charge < -0.3 is 5.32 Å². The molecule has 1 aromatic heterocycles. The summed E-state index contributed by atoms with van der Waals surface area (Å²) in [5.74, 6) is 0.717. The van der Waals surface area contributed by atoms with Crippen molar-refractivity contribution in [2.24, 2.45) is 5.92 Å². The second kappa shape index (κ2) is 5.41. The molecule has 0 bridgehead atoms. The van der Waals surface area contributed by atoms with E-state index in [2.05, 4.69) is 28.2 Å². The third kappa shape index (κ3) is 2.25. The molecule has 2 rings (SSSR count). The highest BCUT2D eigenvalue weighted by molar-refractivity contribution is 5.17. The molecule has 1 aromatic rings. The average molecular weight is 219 g/mol. The van der Waals surface area contributed by atoms with E-state index in [0.29, 0.717) is 12.0 Å². The lowest BCUT2D eigenvalue weighted by Gasteiger charge is -2.27. The average Bonchev–Trinajstić information content (AvgIpc) is 2.74. The molecule has 0 aliphatic carbocycles. The summed E-state index contributed by atoms with van der Waals surface area (Å²) in [7, 11) is 2.04. The minimum Gasteiger partial charge on any atom is -0.319 e. The van der Waals surface area contributed by atoms with Crippen molar-refractivity contribution in [2.75, 3.05) is 26.7 Å². The van der Waals surface area contributed by atoms with E-state index in [1.807, 2.05) is 25.5 Å². The van der Waals surface area contributed by atoms with Crippen LogP contribution in [0, 0.1) is 5.92 Å². The minimum atomic E-state index is 0.547. The number of pyridine rings is 1. The second-order valence-electron chi connectivity index (χ2n) is 4.47. The van der Waals surface area contributed by atoms with E-state index in [0.717, 1.165) is 13.1 Å². The molecule has 1 aliphatic heterocycles. The van der Waals surface area contributed by atoms with Crippen LogP contribution in [0.1, 0.15) is 24.9 Å². The summed E-state index contributed by atoms with van der Waals surface area (Å²) in [6.07, 6.45) is 5.15. The molecule has 3 heteroatoms. The molecule has 88 valence electrons. The van der Waals surface area contributed by atoms with Crippen molar-refractivity contribution in [3.8, 4) is 0 Å². The molecule has 2 heterocycles. The lowest BCUT2D eigenvalue weighted by atomic mass is 9.95. The highest BCUT2D eigenvalue weighted by Crippen LogP contribution is 2.36. The quantitative estimate of drug-likeness (QED) is 0.835. The van der Waals surface area contributed by atoms with Crippen LogP contribution in [0.3, 0.4) is 0 Å². The Balaban J connectivity index is 2.19. The maximum atomic E-state index is 4.25. The first kappa shape index (κ1) is 11.6. The minimum absolute atomic E-state index is 0.547. The van der Waals surface area contributed by atoms with Gasteiger partial charge in [-0.25, -0.2) is 0 Å². The Labute approximate surface area is 97.9 Å². The number of nitrogens with one attached hydrogen (secondary N) is 1. The summed E-state index contributed by atoms with van der Waals surface area (Å²) in [4.78, 5) is 6.80. The number of aromatic nitrogens is 1. The van der Waals surface area contributed by atoms with Crippen molar-refractivity contribution in [1.82, 2.24) is 15.2 Å². The maximum absolute atomic E-state index is 4.25. The number of hydrogen-bond acceptors (Lipinski definition) is 3. The predicted octanol–water partition coefficient (Wildman–Crippen LogP) is 1.68. The first-order valence-electron chi connectivity index (χ1n) is 6.15. The molecule has 1 fully saturated rings. The molecule has 0 amide bonds. The van der Waals surface area contributed by atoms with Gasteiger partial charge in [-0.3, -0.25) is 9.88 Å². The van der Waals surface area contributed by atoms with Crippen LogP contribution < -0.4 is 5.32 Å². The number of hydrogen-bond donors (Lipinski definition) is 1. The van der Waals surface area contributed by atoms with Gasteiger partial charge in [0, 0.05) is 18.4 Å². The number of rotatable bonds is 4. The highest BCUT2D eigenvalue weighted by Gasteiger charge is 2.33. The predicted molar refractivity (Wildman–Crippen MR) is 66.3 cm³/mol. The Hall–Kier alpha value is -0.930. The zero-order valence-corrected chi connectivity index (χ0v) is 10.2. The fraction of sp³-hybridized carbons (Fsp3) is 0.615. The largest absolute Gasteiger partial charge is 0.319 e. The first-order valence-corrected chi connectivity index (χ1v) is 6.15. The van der Waals surface area contributed by atoms with Gasteiger partial charge >= 0.3 is 0 Å². The van der Waals surface area contributed by atoms with Gasteiger partial charge in [0.1, 0.15) is 0 Å². The van der Waals surface area contributed by atoms with Crippen LogP contribution in [0.4, 0.5) is 0 Å². The summed E-state index contributed by atoms with van der Waals surface area (Å²) in [6, 6.07) is 4.79. The van der Waals surface area contributed by atoms with E-state index in [-0.39, 0.29) is 0 Å². The van der Waals surface area contributed by atoms with Gasteiger partial charge in [0.05, 0.1) is 0 Å². The van der Waals surface area contributed by atoms with E-state index in [1.165, 1.54) is 18.5 Å². The Morgan fingerprint density at radius 1 is 1.56 bits per heavy atom. The molecule has 16 heavy (non-hydrogen) atoms. The summed E-state index contributed by atoms with van der Waals surface area (Å²) in [5, 5.41) is 3.31. The number of nitrogens with zero attached hydrogens (tertiary/aromatic N) is 2. The summed E-state index contributed by atoms with van der Waals surface area (Å²) < 4.78 is 0. The molecule has 1 aliphatic rings. The topological polar surface area (TPSA) is 28.2 Å². The fourth-order valence-electron chi connectivity index (χ4n) is 2.79. The third-order valence-corrected chi connectivity index (χ3v) is 3.53. The van der Waals surface area contributed by atoms with Crippen LogP contribution in [0.15, 0.2) is 24.5 Å². The SMILES string of the molecule is CCN1CCC(CNC)C1c1cccnc1. The van der Waals surface area contributed by atoms with Crippen LogP contribution in [0.2, 0.25) is 0 Å². The van der Waals surface area contributed by atoms with Crippen LogP contribution in [-0.2, 0) is 0 Å². The zero-order chi connectivity index (χ0) is 11.4. The van der Waals surface area contributed by atoms with Gasteiger partial charge in [0.25, 0.3) is 0 Å². The van der Waals surface area contributed by atoms with Gasteiger partial charge in [-0.15, -0.1) is 0 Å². The third-order valence-electron chi connectivity index (χ3n) is 3.53. The standard InChI is InChI=1S/C13H21N3/c1-3-16-8-6-12(9-14-2)13(16)11-5-4-7-15-10-11/h4-5,7,10,12-14H,3,6,8-9H2,1-2H3. The van der Waals surface area contributed by atoms with Gasteiger partial charge in [-0.2, -0.15) is 0 Å². The van der Waals surface area contributed by atoms with Crippen molar-refractivity contribution < 1.29 is 0 Å². The van der Waals surface area contributed by atoms with Crippen molar-refractivity contribution in [3.63, 3.8) is 0 Å². The number of likely N-dealkylation sites (tertiary alicyclic amines) is 1. The highest BCUT2D eigenvalue weighted by atomic mass is 15.2. The van der Waals surface area contributed by atoms with Gasteiger partial charge in [0.2, 0.25) is 0 Å². The lowest BCUT2D eigenvalue weighted by molar-refractivity contribution is 0.238. The van der Waals surface area contributed by atoms with Crippen molar-refractivity contribution in [3.05, 3.63) is 30.1 Å². The van der Waals surface area contributed by atoms with Gasteiger partial charge in [-0.05, 0) is 50.7 Å². The van der Waals surface area contributed by atoms with Crippen molar-refractivity contribution in [2.45, 2.75) is 19.4 Å². The van der Waals surface area contributed by atoms with Crippen molar-refractivity contribution in [1.29, 1.82) is 0 Å². The van der Waals surface area contributed by atoms with E-state index >= 15 is 0 Å². The maximum Gasteiger partial charge on any atom is 0.0404 e. The van der Waals surface area contributed by atoms with Crippen LogP contribution in [0.5, 0.6) is 0 Å². The lowest BCUT2D eigenvalue weighted by Crippen LogP contribution is -2.29. The Morgan fingerprint density at radius 2 is 2.44 bits per heavy atom. The molecule has 0 saturated carbocycles. The van der Waals surface area contributed by atoms with Crippen molar-refractivity contribution >= 4 is 0 Å². The molecule has 1 saturated heterocycles. The smallest absolute Gasteiger partial charge is 0.0404 e. The van der Waals surface area contributed by atoms with Crippen LogP contribution >= 0.6 is 0 Å². The molecule has 1 N–H and O–H groups in total. The summed E-state index contributed by atoms with van der Waals surface area (Å²) >= 11 is 0. The Bertz CT molecular complexity index is 312. The molecule has 0 spiro atoms. The zero-order valence-electron chi connectivity index (χ0n) is 10.2. The fourth-order valence-corrected chi connectivity index (χ4v) is 2.79. The van der Waals surface area contributed by atoms with E-state index in [4.69, 9.17) is 0 Å². The van der Waals surface area contributed by atoms with Crippen LogP contribution in [-0.4, -0.2) is 36.6 Å². The molecular weight excluding hydrogens is 198 g/mol. The summed E-state index contributed by atoms with van der Waals surface area (Å²) in [6.45, 7) is 5.67. The van der Waals surface area contributed by atoms with E-state index < -0.39 is 0 Å². The normalized spacial score (nSPS) is 26.1. The van der Waals surface area contributed by atoms with E-state index in [1.54, 1.807) is 0 Å². The summed E-state index contributed by atoms with van der Waals surface area (Å²) in [5.41, 5.74) is 1.36. The molecule has 3 nitrogen and oxygen atoms in total. The van der Waals surface area contributed by atoms with E-state index in [9.17, 15) is 0 Å². The second-order valence-corrected chi connectivity index (χ2v) is 4.47. The Kier molecular flexibility index (Phi) is 3.91. The van der Waals surface area contributed by atoms with Gasteiger partial charge in [-0.1, -0.05) is 13.0 Å². The molecule has 2 atom stereocenters. The molecule has 0 aromatic carbocycles. The Morgan fingerprint density at radius 3 is 3.06 bits per heavy atom. The molecule has 0 radical (unpaired) electrons. The first-order chi connectivity index (χ1) is 7.86. The van der Waals surface area contributed by atoms with Crippen LogP contribution in [0.25, 0.3) is 0 Å². The molecular formula is C13H21N3. The van der Waals surface area contributed by atoms with Gasteiger partial charge in [0.15, 0.2) is 0 Å². The molecule has 2 unspecified atom stereocenters. The monoisotopic (exact) mass is 219 g/mol.